The summed E-state index contributed by atoms with van der Waals surface area (Å²) in [6.07, 6.45) is 1.60. The highest BCUT2D eigenvalue weighted by atomic mass is 35.5. The van der Waals surface area contributed by atoms with E-state index in [-0.39, 0.29) is 17.6 Å². The number of likely N-dealkylation sites (tertiary alicyclic amines) is 1. The first-order valence-corrected chi connectivity index (χ1v) is 8.99. The van der Waals surface area contributed by atoms with Gasteiger partial charge in [-0.3, -0.25) is 9.69 Å². The summed E-state index contributed by atoms with van der Waals surface area (Å²) in [7, 11) is 0. The van der Waals surface area contributed by atoms with Crippen LogP contribution in [0.1, 0.15) is 18.4 Å². The third-order valence-electron chi connectivity index (χ3n) is 4.46. The number of anilines is 1. The predicted molar refractivity (Wildman–Crippen MR) is 99.5 cm³/mol. The number of hydrogen-bond donors (Lipinski definition) is 1. The van der Waals surface area contributed by atoms with Crippen molar-refractivity contribution in [3.05, 3.63) is 63.9 Å². The van der Waals surface area contributed by atoms with Crippen molar-refractivity contribution in [2.45, 2.75) is 19.4 Å². The minimum absolute atomic E-state index is 0.0137. The van der Waals surface area contributed by atoms with Gasteiger partial charge in [0.15, 0.2) is 0 Å². The summed E-state index contributed by atoms with van der Waals surface area (Å²) in [5.41, 5.74) is 1.74. The van der Waals surface area contributed by atoms with Crippen LogP contribution in [0.5, 0.6) is 0 Å². The van der Waals surface area contributed by atoms with Crippen molar-refractivity contribution in [2.75, 3.05) is 18.4 Å². The molecule has 0 radical (unpaired) electrons. The second-order valence-electron chi connectivity index (χ2n) is 6.30. The zero-order valence-corrected chi connectivity index (χ0v) is 15.2. The van der Waals surface area contributed by atoms with E-state index in [1.54, 1.807) is 30.3 Å². The molecule has 1 saturated heterocycles. The maximum atomic E-state index is 13.0. The van der Waals surface area contributed by atoms with E-state index in [9.17, 15) is 9.18 Å². The highest BCUT2D eigenvalue weighted by Crippen LogP contribution is 2.26. The van der Waals surface area contributed by atoms with Crippen molar-refractivity contribution in [1.82, 2.24) is 4.90 Å². The molecule has 0 atom stereocenters. The molecular weight excluding hydrogens is 362 g/mol. The molecule has 2 aromatic carbocycles. The Hall–Kier alpha value is -1.62. The minimum atomic E-state index is -0.221. The molecule has 1 fully saturated rings. The predicted octanol–water partition coefficient (Wildman–Crippen LogP) is 4.98. The lowest BCUT2D eigenvalue weighted by Gasteiger charge is -2.31. The van der Waals surface area contributed by atoms with Gasteiger partial charge in [0.2, 0.25) is 5.91 Å². The summed E-state index contributed by atoms with van der Waals surface area (Å²) in [5, 5.41) is 3.80. The maximum Gasteiger partial charge on any atom is 0.227 e. The van der Waals surface area contributed by atoms with Crippen molar-refractivity contribution in [2.24, 2.45) is 5.92 Å². The van der Waals surface area contributed by atoms with E-state index >= 15 is 0 Å². The molecule has 1 heterocycles. The maximum absolute atomic E-state index is 13.0. The van der Waals surface area contributed by atoms with Crippen molar-refractivity contribution in [3.63, 3.8) is 0 Å². The third-order valence-corrected chi connectivity index (χ3v) is 5.20. The van der Waals surface area contributed by atoms with Crippen molar-refractivity contribution in [3.8, 4) is 0 Å². The summed E-state index contributed by atoms with van der Waals surface area (Å²) in [6, 6.07) is 11.6. The molecule has 1 aliphatic heterocycles. The van der Waals surface area contributed by atoms with Crippen LogP contribution < -0.4 is 5.32 Å². The van der Waals surface area contributed by atoms with Gasteiger partial charge in [-0.05, 0) is 61.8 Å². The molecule has 3 rings (SSSR count). The average molecular weight is 381 g/mol. The number of carbonyl (C=O) groups is 1. The van der Waals surface area contributed by atoms with Gasteiger partial charge in [0.25, 0.3) is 0 Å². The lowest BCUT2D eigenvalue weighted by atomic mass is 9.95. The summed E-state index contributed by atoms with van der Waals surface area (Å²) < 4.78 is 13.0. The van der Waals surface area contributed by atoms with E-state index in [4.69, 9.17) is 23.2 Å². The fourth-order valence-electron chi connectivity index (χ4n) is 3.02. The standard InChI is InChI=1S/C19H19Cl2FN2O/c20-17-6-5-16(11-18(17)21)23-19(25)14-7-9-24(10-8-14)12-13-1-3-15(22)4-2-13/h1-6,11,14H,7-10,12H2,(H,23,25). The Balaban J connectivity index is 1.50. The Labute approximate surface area is 156 Å². The van der Waals surface area contributed by atoms with E-state index in [1.807, 2.05) is 0 Å². The first-order valence-electron chi connectivity index (χ1n) is 8.24. The normalized spacial score (nSPS) is 16.0. The van der Waals surface area contributed by atoms with E-state index in [2.05, 4.69) is 10.2 Å². The van der Waals surface area contributed by atoms with E-state index < -0.39 is 0 Å². The Kier molecular flexibility index (Phi) is 5.94. The Morgan fingerprint density at radius 3 is 2.40 bits per heavy atom. The topological polar surface area (TPSA) is 32.3 Å². The molecule has 2 aromatic rings. The van der Waals surface area contributed by atoms with Crippen molar-refractivity contribution < 1.29 is 9.18 Å². The molecule has 1 amide bonds. The van der Waals surface area contributed by atoms with Gasteiger partial charge in [-0.15, -0.1) is 0 Å². The van der Waals surface area contributed by atoms with E-state index in [0.717, 1.165) is 38.0 Å². The summed E-state index contributed by atoms with van der Waals surface area (Å²) in [6.45, 7) is 2.47. The third kappa shape index (κ3) is 4.94. The van der Waals surface area contributed by atoms with Crippen molar-refractivity contribution in [1.29, 1.82) is 0 Å². The largest absolute Gasteiger partial charge is 0.326 e. The van der Waals surface area contributed by atoms with Crippen LogP contribution in [0.25, 0.3) is 0 Å². The molecular formula is C19H19Cl2FN2O. The Morgan fingerprint density at radius 2 is 1.76 bits per heavy atom. The van der Waals surface area contributed by atoms with Crippen LogP contribution in [0, 0.1) is 11.7 Å². The SMILES string of the molecule is O=C(Nc1ccc(Cl)c(Cl)c1)C1CCN(Cc2ccc(F)cc2)CC1. The summed E-state index contributed by atoms with van der Waals surface area (Å²) in [5.74, 6) is -0.222. The molecule has 0 aromatic heterocycles. The zero-order valence-electron chi connectivity index (χ0n) is 13.6. The molecule has 0 aliphatic carbocycles. The first kappa shape index (κ1) is 18.2. The van der Waals surface area contributed by atoms with Gasteiger partial charge in [0.1, 0.15) is 5.82 Å². The smallest absolute Gasteiger partial charge is 0.227 e. The highest BCUT2D eigenvalue weighted by Gasteiger charge is 2.25. The van der Waals surface area contributed by atoms with Crippen LogP contribution >= 0.6 is 23.2 Å². The Bertz CT molecular complexity index is 744. The van der Waals surface area contributed by atoms with Crippen LogP contribution in [0.15, 0.2) is 42.5 Å². The van der Waals surface area contributed by atoms with E-state index in [1.165, 1.54) is 12.1 Å². The molecule has 6 heteroatoms. The van der Waals surface area contributed by atoms with E-state index in [0.29, 0.717) is 15.7 Å². The van der Waals surface area contributed by atoms with Gasteiger partial charge >= 0.3 is 0 Å². The zero-order chi connectivity index (χ0) is 17.8. The van der Waals surface area contributed by atoms with Crippen LogP contribution in [-0.2, 0) is 11.3 Å². The minimum Gasteiger partial charge on any atom is -0.326 e. The van der Waals surface area contributed by atoms with Crippen LogP contribution in [0.2, 0.25) is 10.0 Å². The first-order chi connectivity index (χ1) is 12.0. The van der Waals surface area contributed by atoms with Crippen LogP contribution in [0.4, 0.5) is 10.1 Å². The second kappa shape index (κ2) is 8.17. The fraction of sp³-hybridized carbons (Fsp3) is 0.316. The number of halogens is 3. The van der Waals surface area contributed by atoms with Gasteiger partial charge < -0.3 is 5.32 Å². The molecule has 0 saturated carbocycles. The molecule has 1 N–H and O–H groups in total. The molecule has 1 aliphatic rings. The number of nitrogens with zero attached hydrogens (tertiary/aromatic N) is 1. The molecule has 0 spiro atoms. The van der Waals surface area contributed by atoms with Crippen LogP contribution in [-0.4, -0.2) is 23.9 Å². The molecule has 3 nitrogen and oxygen atoms in total. The van der Waals surface area contributed by atoms with Crippen molar-refractivity contribution >= 4 is 34.8 Å². The number of carbonyl (C=O) groups excluding carboxylic acids is 1. The van der Waals surface area contributed by atoms with Gasteiger partial charge in [0, 0.05) is 18.2 Å². The molecule has 0 unspecified atom stereocenters. The lowest BCUT2D eigenvalue weighted by molar-refractivity contribution is -0.121. The monoisotopic (exact) mass is 380 g/mol. The lowest BCUT2D eigenvalue weighted by Crippen LogP contribution is -2.37. The second-order valence-corrected chi connectivity index (χ2v) is 7.11. The van der Waals surface area contributed by atoms with Gasteiger partial charge in [-0.2, -0.15) is 0 Å². The van der Waals surface area contributed by atoms with Crippen LogP contribution in [0.3, 0.4) is 0 Å². The highest BCUT2D eigenvalue weighted by molar-refractivity contribution is 6.42. The summed E-state index contributed by atoms with van der Waals surface area (Å²) >= 11 is 11.9. The fourth-order valence-corrected chi connectivity index (χ4v) is 3.32. The number of rotatable bonds is 4. The van der Waals surface area contributed by atoms with Gasteiger partial charge in [-0.25, -0.2) is 4.39 Å². The molecule has 132 valence electrons. The quantitative estimate of drug-likeness (QED) is 0.810. The molecule has 0 bridgehead atoms. The summed E-state index contributed by atoms with van der Waals surface area (Å²) in [4.78, 5) is 14.7. The average Bonchev–Trinajstić information content (AvgIpc) is 2.61. The molecule has 25 heavy (non-hydrogen) atoms. The number of nitrogens with one attached hydrogen (secondary N) is 1. The number of piperidine rings is 1. The number of hydrogen-bond acceptors (Lipinski definition) is 2. The van der Waals surface area contributed by atoms with Gasteiger partial charge in [-0.1, -0.05) is 35.3 Å². The van der Waals surface area contributed by atoms with Gasteiger partial charge in [0.05, 0.1) is 10.0 Å². The number of benzene rings is 2. The Morgan fingerprint density at radius 1 is 1.08 bits per heavy atom. The number of amides is 1.